The standard InChI is InChI=1S/C24H30N2O5/c1-30-17-11-20(27)23(21(12-17)31-2)19(13-22(28)26-8-4-3-5-9-26)15-6-7-18-16(10-15)14-25-24(18)29/h6-7,10-12,19-20,23,27H,3-5,8-9,13-14H2,1-2H3,(H,25,29)/t19?,20-,23?/m1/s1. The first-order valence-electron chi connectivity index (χ1n) is 10.9. The molecule has 0 spiro atoms. The number of ether oxygens (including phenoxy) is 2. The zero-order valence-electron chi connectivity index (χ0n) is 18.1. The van der Waals surface area contributed by atoms with Gasteiger partial charge in [0.1, 0.15) is 11.5 Å². The zero-order valence-corrected chi connectivity index (χ0v) is 18.1. The zero-order chi connectivity index (χ0) is 22.0. The predicted molar refractivity (Wildman–Crippen MR) is 115 cm³/mol. The van der Waals surface area contributed by atoms with Crippen LogP contribution in [0.15, 0.2) is 41.9 Å². The molecule has 0 radical (unpaired) electrons. The maximum absolute atomic E-state index is 13.2. The number of fused-ring (bicyclic) bond motifs is 1. The van der Waals surface area contributed by atoms with Crippen LogP contribution in [0.4, 0.5) is 0 Å². The lowest BCUT2D eigenvalue weighted by molar-refractivity contribution is -0.133. The summed E-state index contributed by atoms with van der Waals surface area (Å²) in [4.78, 5) is 27.1. The van der Waals surface area contributed by atoms with E-state index in [-0.39, 0.29) is 24.2 Å². The number of benzene rings is 1. The van der Waals surface area contributed by atoms with Gasteiger partial charge in [-0.3, -0.25) is 9.59 Å². The molecule has 3 atom stereocenters. The molecule has 2 aliphatic heterocycles. The van der Waals surface area contributed by atoms with Crippen molar-refractivity contribution in [2.24, 2.45) is 5.92 Å². The van der Waals surface area contributed by atoms with Crippen molar-refractivity contribution in [1.29, 1.82) is 0 Å². The number of aliphatic hydroxyl groups excluding tert-OH is 1. The number of methoxy groups -OCH3 is 2. The van der Waals surface area contributed by atoms with Crippen molar-refractivity contribution < 1.29 is 24.2 Å². The van der Waals surface area contributed by atoms with Crippen LogP contribution in [0.3, 0.4) is 0 Å². The van der Waals surface area contributed by atoms with Crippen LogP contribution in [-0.4, -0.2) is 55.2 Å². The number of aliphatic hydroxyl groups is 1. The van der Waals surface area contributed by atoms with Gasteiger partial charge in [0.25, 0.3) is 5.91 Å². The Morgan fingerprint density at radius 3 is 2.71 bits per heavy atom. The van der Waals surface area contributed by atoms with Crippen LogP contribution in [0, 0.1) is 5.92 Å². The molecule has 1 fully saturated rings. The van der Waals surface area contributed by atoms with Gasteiger partial charge < -0.3 is 24.8 Å². The van der Waals surface area contributed by atoms with Crippen molar-refractivity contribution in [2.45, 2.75) is 44.2 Å². The van der Waals surface area contributed by atoms with Crippen LogP contribution in [0.2, 0.25) is 0 Å². The summed E-state index contributed by atoms with van der Waals surface area (Å²) in [7, 11) is 3.11. The summed E-state index contributed by atoms with van der Waals surface area (Å²) in [5.74, 6) is 0.393. The summed E-state index contributed by atoms with van der Waals surface area (Å²) in [6.07, 6.45) is 6.04. The maximum Gasteiger partial charge on any atom is 0.251 e. The smallest absolute Gasteiger partial charge is 0.251 e. The van der Waals surface area contributed by atoms with Crippen LogP contribution in [0.1, 0.15) is 53.1 Å². The lowest BCUT2D eigenvalue weighted by Gasteiger charge is -2.35. The Morgan fingerprint density at radius 1 is 1.23 bits per heavy atom. The van der Waals surface area contributed by atoms with Gasteiger partial charge in [-0.05, 0) is 42.5 Å². The number of allylic oxidation sites excluding steroid dienone is 1. The lowest BCUT2D eigenvalue weighted by Crippen LogP contribution is -2.39. The SMILES string of the molecule is COC1=C[C@@H](O)C(C(CC(=O)N2CCCCC2)c2ccc3c(c2)CNC3=O)C(OC)=C1. The molecule has 166 valence electrons. The average Bonchev–Trinajstić information content (AvgIpc) is 3.17. The minimum Gasteiger partial charge on any atom is -0.501 e. The van der Waals surface area contributed by atoms with E-state index in [1.165, 1.54) is 0 Å². The molecule has 1 saturated heterocycles. The number of nitrogens with one attached hydrogen (secondary N) is 1. The normalized spacial score (nSPS) is 24.0. The highest BCUT2D eigenvalue weighted by molar-refractivity contribution is 5.98. The molecule has 1 aromatic rings. The number of hydrogen-bond acceptors (Lipinski definition) is 5. The van der Waals surface area contributed by atoms with Gasteiger partial charge in [-0.1, -0.05) is 12.1 Å². The molecule has 7 nitrogen and oxygen atoms in total. The molecule has 2 unspecified atom stereocenters. The fraction of sp³-hybridized carbons (Fsp3) is 0.500. The van der Waals surface area contributed by atoms with Crippen LogP contribution in [0.25, 0.3) is 0 Å². The molecule has 7 heteroatoms. The first-order chi connectivity index (χ1) is 15.0. The Bertz CT molecular complexity index is 917. The quantitative estimate of drug-likeness (QED) is 0.730. The minimum absolute atomic E-state index is 0.0784. The molecule has 0 bridgehead atoms. The average molecular weight is 427 g/mol. The number of nitrogens with zero attached hydrogens (tertiary/aromatic N) is 1. The first-order valence-corrected chi connectivity index (χ1v) is 10.9. The third kappa shape index (κ3) is 4.32. The van der Waals surface area contributed by atoms with E-state index in [0.717, 1.165) is 43.5 Å². The Labute approximate surface area is 182 Å². The van der Waals surface area contributed by atoms with Crippen molar-refractivity contribution >= 4 is 11.8 Å². The van der Waals surface area contributed by atoms with Crippen molar-refractivity contribution in [1.82, 2.24) is 10.2 Å². The molecule has 0 aromatic heterocycles. The van der Waals surface area contributed by atoms with Gasteiger partial charge in [0.05, 0.1) is 26.2 Å². The molecule has 1 aliphatic carbocycles. The summed E-state index contributed by atoms with van der Waals surface area (Å²) in [5.41, 5.74) is 2.50. The van der Waals surface area contributed by atoms with Crippen molar-refractivity contribution in [3.8, 4) is 0 Å². The van der Waals surface area contributed by atoms with Gasteiger partial charge in [0.15, 0.2) is 0 Å². The Hall–Kier alpha value is -2.80. The highest BCUT2D eigenvalue weighted by Crippen LogP contribution is 2.40. The number of amides is 2. The second-order valence-corrected chi connectivity index (χ2v) is 8.39. The monoisotopic (exact) mass is 426 g/mol. The van der Waals surface area contributed by atoms with E-state index in [1.807, 2.05) is 23.1 Å². The molecule has 2 N–H and O–H groups in total. The molecule has 4 rings (SSSR count). The van der Waals surface area contributed by atoms with Crippen LogP contribution in [-0.2, 0) is 20.8 Å². The van der Waals surface area contributed by atoms with Crippen molar-refractivity contribution in [2.75, 3.05) is 27.3 Å². The Balaban J connectivity index is 1.69. The summed E-state index contributed by atoms with van der Waals surface area (Å²) in [6.45, 7) is 2.03. The molecule has 31 heavy (non-hydrogen) atoms. The highest BCUT2D eigenvalue weighted by atomic mass is 16.5. The van der Waals surface area contributed by atoms with Gasteiger partial charge in [-0.15, -0.1) is 0 Å². The van der Waals surface area contributed by atoms with E-state index >= 15 is 0 Å². The van der Waals surface area contributed by atoms with Gasteiger partial charge in [0.2, 0.25) is 5.91 Å². The maximum atomic E-state index is 13.2. The van der Waals surface area contributed by atoms with Crippen molar-refractivity contribution in [3.05, 3.63) is 58.6 Å². The van der Waals surface area contributed by atoms with Crippen LogP contribution >= 0.6 is 0 Å². The van der Waals surface area contributed by atoms with Gasteiger partial charge in [-0.25, -0.2) is 0 Å². The predicted octanol–water partition coefficient (Wildman–Crippen LogP) is 2.47. The number of rotatable bonds is 6. The van der Waals surface area contributed by atoms with E-state index in [4.69, 9.17) is 9.47 Å². The number of hydrogen-bond donors (Lipinski definition) is 2. The minimum atomic E-state index is -0.859. The first kappa shape index (κ1) is 21.4. The number of piperidine rings is 1. The van der Waals surface area contributed by atoms with Gasteiger partial charge in [0, 0.05) is 43.6 Å². The molecular formula is C24H30N2O5. The lowest BCUT2D eigenvalue weighted by atomic mass is 9.76. The second-order valence-electron chi connectivity index (χ2n) is 8.39. The Morgan fingerprint density at radius 2 is 2.00 bits per heavy atom. The van der Waals surface area contributed by atoms with Gasteiger partial charge in [-0.2, -0.15) is 0 Å². The second kappa shape index (κ2) is 9.14. The Kier molecular flexibility index (Phi) is 6.32. The summed E-state index contributed by atoms with van der Waals surface area (Å²) >= 11 is 0. The topological polar surface area (TPSA) is 88.1 Å². The van der Waals surface area contributed by atoms with E-state index in [9.17, 15) is 14.7 Å². The van der Waals surface area contributed by atoms with E-state index in [1.54, 1.807) is 26.4 Å². The fourth-order valence-corrected chi connectivity index (χ4v) is 4.88. The number of carbonyl (C=O) groups is 2. The molecule has 1 aromatic carbocycles. The largest absolute Gasteiger partial charge is 0.501 e. The highest BCUT2D eigenvalue weighted by Gasteiger charge is 2.38. The van der Waals surface area contributed by atoms with E-state index in [2.05, 4.69) is 5.32 Å². The van der Waals surface area contributed by atoms with Gasteiger partial charge >= 0.3 is 0 Å². The third-order valence-electron chi connectivity index (χ3n) is 6.57. The summed E-state index contributed by atoms with van der Waals surface area (Å²) in [5, 5.41) is 13.8. The molecule has 2 amide bonds. The molecule has 0 saturated carbocycles. The van der Waals surface area contributed by atoms with Crippen LogP contribution < -0.4 is 5.32 Å². The third-order valence-corrected chi connectivity index (χ3v) is 6.57. The van der Waals surface area contributed by atoms with Crippen LogP contribution in [0.5, 0.6) is 0 Å². The van der Waals surface area contributed by atoms with E-state index < -0.39 is 12.0 Å². The summed E-state index contributed by atoms with van der Waals surface area (Å²) < 4.78 is 10.9. The molecule has 2 heterocycles. The molecular weight excluding hydrogens is 396 g/mol. The number of carbonyl (C=O) groups excluding carboxylic acids is 2. The van der Waals surface area contributed by atoms with E-state index in [0.29, 0.717) is 23.6 Å². The fourth-order valence-electron chi connectivity index (χ4n) is 4.88. The molecule has 3 aliphatic rings. The number of likely N-dealkylation sites (tertiary alicyclic amines) is 1. The van der Waals surface area contributed by atoms with Crippen molar-refractivity contribution in [3.63, 3.8) is 0 Å². The summed E-state index contributed by atoms with van der Waals surface area (Å²) in [6, 6.07) is 5.69.